The Morgan fingerprint density at radius 2 is 1.70 bits per heavy atom. The van der Waals surface area contributed by atoms with E-state index in [-0.39, 0.29) is 5.41 Å². The molecule has 0 N–H and O–H groups in total. The van der Waals surface area contributed by atoms with Gasteiger partial charge in [-0.2, -0.15) is 0 Å². The lowest BCUT2D eigenvalue weighted by atomic mass is 9.79. The van der Waals surface area contributed by atoms with E-state index in [9.17, 15) is 0 Å². The van der Waals surface area contributed by atoms with E-state index in [0.29, 0.717) is 0 Å². The van der Waals surface area contributed by atoms with Crippen molar-refractivity contribution in [3.8, 4) is 0 Å². The van der Waals surface area contributed by atoms with Gasteiger partial charge in [0, 0.05) is 42.2 Å². The Bertz CT molecular complexity index is 669. The van der Waals surface area contributed by atoms with Gasteiger partial charge in [-0.1, -0.05) is 50.4 Å². The molecule has 148 valence electrons. The van der Waals surface area contributed by atoms with E-state index in [1.165, 1.54) is 5.56 Å². The van der Waals surface area contributed by atoms with Gasteiger partial charge in [0.25, 0.3) is 0 Å². The molecule has 0 saturated carbocycles. The standard InChI is InChI=1S/C22H31ClN2O2/c1-3-9-21(10-4-2)16-26-22(27-17-21,11-13-25-14-12-24-18-25)15-19-5-7-20(23)8-6-19/h5-8,12,14,18H,3-4,9-11,13,15-17H2,1-2H3. The molecule has 0 atom stereocenters. The highest BCUT2D eigenvalue weighted by atomic mass is 35.5. The second kappa shape index (κ2) is 9.22. The van der Waals surface area contributed by atoms with Crippen LogP contribution in [0.3, 0.4) is 0 Å². The zero-order valence-corrected chi connectivity index (χ0v) is 17.3. The highest BCUT2D eigenvalue weighted by molar-refractivity contribution is 6.30. The van der Waals surface area contributed by atoms with Gasteiger partial charge in [0.05, 0.1) is 19.5 Å². The number of nitrogens with zero attached hydrogens (tertiary/aromatic N) is 2. The number of benzene rings is 1. The fourth-order valence-electron chi connectivity index (χ4n) is 4.09. The Balaban J connectivity index is 1.74. The molecule has 1 aliphatic rings. The van der Waals surface area contributed by atoms with Crippen molar-refractivity contribution in [2.24, 2.45) is 5.41 Å². The lowest BCUT2D eigenvalue weighted by molar-refractivity contribution is -0.309. The van der Waals surface area contributed by atoms with Crippen LogP contribution >= 0.6 is 11.6 Å². The van der Waals surface area contributed by atoms with Crippen molar-refractivity contribution in [1.82, 2.24) is 9.55 Å². The van der Waals surface area contributed by atoms with Crippen LogP contribution in [0.5, 0.6) is 0 Å². The summed E-state index contributed by atoms with van der Waals surface area (Å²) < 4.78 is 15.1. The summed E-state index contributed by atoms with van der Waals surface area (Å²) >= 11 is 6.05. The fraction of sp³-hybridized carbons (Fsp3) is 0.591. The minimum atomic E-state index is -0.594. The Labute approximate surface area is 167 Å². The lowest BCUT2D eigenvalue weighted by Crippen LogP contribution is -2.51. The van der Waals surface area contributed by atoms with Crippen LogP contribution in [0.4, 0.5) is 0 Å². The van der Waals surface area contributed by atoms with Crippen molar-refractivity contribution in [3.63, 3.8) is 0 Å². The molecule has 0 radical (unpaired) electrons. The zero-order chi connectivity index (χ0) is 19.2. The first kappa shape index (κ1) is 20.4. The van der Waals surface area contributed by atoms with Crippen LogP contribution in [0.15, 0.2) is 43.0 Å². The van der Waals surface area contributed by atoms with E-state index in [0.717, 1.165) is 63.3 Å². The average molecular weight is 391 g/mol. The Morgan fingerprint density at radius 3 is 2.26 bits per heavy atom. The number of hydrogen-bond acceptors (Lipinski definition) is 3. The molecule has 1 aromatic heterocycles. The molecule has 2 aromatic rings. The molecule has 4 nitrogen and oxygen atoms in total. The molecule has 5 heteroatoms. The van der Waals surface area contributed by atoms with Crippen molar-refractivity contribution in [2.75, 3.05) is 13.2 Å². The molecule has 1 fully saturated rings. The van der Waals surface area contributed by atoms with Gasteiger partial charge in [-0.05, 0) is 30.5 Å². The first-order valence-electron chi connectivity index (χ1n) is 10.1. The van der Waals surface area contributed by atoms with Gasteiger partial charge in [-0.3, -0.25) is 0 Å². The number of ether oxygens (including phenoxy) is 2. The molecule has 0 spiro atoms. The van der Waals surface area contributed by atoms with Crippen molar-refractivity contribution < 1.29 is 9.47 Å². The van der Waals surface area contributed by atoms with Crippen molar-refractivity contribution in [1.29, 1.82) is 0 Å². The van der Waals surface area contributed by atoms with E-state index >= 15 is 0 Å². The summed E-state index contributed by atoms with van der Waals surface area (Å²) in [6.07, 6.45) is 11.8. The maximum atomic E-state index is 6.53. The first-order chi connectivity index (χ1) is 13.1. The van der Waals surface area contributed by atoms with Gasteiger partial charge in [0.15, 0.2) is 5.79 Å². The van der Waals surface area contributed by atoms with Crippen LogP contribution in [0, 0.1) is 5.41 Å². The average Bonchev–Trinajstić information content (AvgIpc) is 3.19. The molecule has 2 heterocycles. The second-order valence-electron chi connectivity index (χ2n) is 7.84. The van der Waals surface area contributed by atoms with Gasteiger partial charge < -0.3 is 14.0 Å². The van der Waals surface area contributed by atoms with Gasteiger partial charge in [0.2, 0.25) is 0 Å². The number of hydrogen-bond donors (Lipinski definition) is 0. The SMILES string of the molecule is CCCC1(CCC)COC(CCn2ccnc2)(Cc2ccc(Cl)cc2)OC1. The fourth-order valence-corrected chi connectivity index (χ4v) is 4.22. The van der Waals surface area contributed by atoms with Crippen molar-refractivity contribution >= 4 is 11.6 Å². The number of halogens is 1. The Kier molecular flexibility index (Phi) is 6.96. The highest BCUT2D eigenvalue weighted by Crippen LogP contribution is 2.40. The highest BCUT2D eigenvalue weighted by Gasteiger charge is 2.43. The van der Waals surface area contributed by atoms with Crippen LogP contribution in [0.1, 0.15) is 51.5 Å². The monoisotopic (exact) mass is 390 g/mol. The maximum absolute atomic E-state index is 6.53. The molecule has 0 amide bonds. The minimum Gasteiger partial charge on any atom is -0.349 e. The van der Waals surface area contributed by atoms with E-state index in [4.69, 9.17) is 21.1 Å². The van der Waals surface area contributed by atoms with E-state index in [1.807, 2.05) is 30.9 Å². The number of imidazole rings is 1. The predicted octanol–water partition coefficient (Wildman–Crippen LogP) is 5.50. The van der Waals surface area contributed by atoms with Crippen LogP contribution in [0.2, 0.25) is 5.02 Å². The largest absolute Gasteiger partial charge is 0.349 e. The summed E-state index contributed by atoms with van der Waals surface area (Å²) in [5.41, 5.74) is 1.34. The third kappa shape index (κ3) is 5.34. The topological polar surface area (TPSA) is 36.3 Å². The third-order valence-corrected chi connectivity index (χ3v) is 5.79. The Morgan fingerprint density at radius 1 is 1.04 bits per heavy atom. The summed E-state index contributed by atoms with van der Waals surface area (Å²) in [7, 11) is 0. The second-order valence-corrected chi connectivity index (χ2v) is 8.28. The van der Waals surface area contributed by atoms with Crippen LogP contribution in [-0.4, -0.2) is 28.6 Å². The molecule has 1 aromatic carbocycles. The van der Waals surface area contributed by atoms with Crippen LogP contribution in [-0.2, 0) is 22.4 Å². The predicted molar refractivity (Wildman–Crippen MR) is 109 cm³/mol. The molecule has 0 aliphatic carbocycles. The summed E-state index contributed by atoms with van der Waals surface area (Å²) in [4.78, 5) is 4.14. The summed E-state index contributed by atoms with van der Waals surface area (Å²) in [5.74, 6) is -0.594. The van der Waals surface area contributed by atoms with Gasteiger partial charge >= 0.3 is 0 Å². The molecular weight excluding hydrogens is 360 g/mol. The number of rotatable bonds is 9. The van der Waals surface area contributed by atoms with Crippen molar-refractivity contribution in [2.45, 2.75) is 64.7 Å². The molecular formula is C22H31ClN2O2. The minimum absolute atomic E-state index is 0.155. The third-order valence-electron chi connectivity index (χ3n) is 5.54. The van der Waals surface area contributed by atoms with Gasteiger partial charge in [0.1, 0.15) is 0 Å². The summed E-state index contributed by atoms with van der Waals surface area (Å²) in [5, 5.41) is 0.751. The van der Waals surface area contributed by atoms with E-state index in [1.54, 1.807) is 0 Å². The molecule has 3 rings (SSSR count). The zero-order valence-electron chi connectivity index (χ0n) is 16.5. The quantitative estimate of drug-likeness (QED) is 0.567. The molecule has 1 aliphatic heterocycles. The number of aryl methyl sites for hydroxylation is 1. The maximum Gasteiger partial charge on any atom is 0.174 e. The van der Waals surface area contributed by atoms with Crippen LogP contribution < -0.4 is 0 Å². The lowest BCUT2D eigenvalue weighted by Gasteiger charge is -2.47. The van der Waals surface area contributed by atoms with Gasteiger partial charge in [-0.15, -0.1) is 0 Å². The van der Waals surface area contributed by atoms with Crippen LogP contribution in [0.25, 0.3) is 0 Å². The molecule has 0 bridgehead atoms. The molecule has 0 unspecified atom stereocenters. The van der Waals surface area contributed by atoms with E-state index in [2.05, 4.69) is 35.5 Å². The smallest absolute Gasteiger partial charge is 0.174 e. The molecule has 1 saturated heterocycles. The van der Waals surface area contributed by atoms with Gasteiger partial charge in [-0.25, -0.2) is 4.98 Å². The summed E-state index contributed by atoms with van der Waals surface area (Å²) in [6, 6.07) is 7.99. The summed E-state index contributed by atoms with van der Waals surface area (Å²) in [6.45, 7) is 6.85. The Hall–Kier alpha value is -1.36. The first-order valence-corrected chi connectivity index (χ1v) is 10.4. The van der Waals surface area contributed by atoms with Crippen molar-refractivity contribution in [3.05, 3.63) is 53.6 Å². The normalized spacial score (nSPS) is 18.5. The van der Waals surface area contributed by atoms with E-state index < -0.39 is 5.79 Å². The number of aromatic nitrogens is 2. The molecule has 27 heavy (non-hydrogen) atoms.